The number of piperidine rings is 1. The maximum absolute atomic E-state index is 4.47. The predicted molar refractivity (Wildman–Crippen MR) is 73.8 cm³/mol. The Hall–Kier alpha value is -0.830. The number of rotatable bonds is 2. The second-order valence-corrected chi connectivity index (χ2v) is 6.66. The van der Waals surface area contributed by atoms with Gasteiger partial charge >= 0.3 is 0 Å². The molecule has 0 bridgehead atoms. The zero-order valence-corrected chi connectivity index (χ0v) is 11.7. The fraction of sp³-hybridized carbons (Fsp3) is 0.800. The van der Waals surface area contributed by atoms with Gasteiger partial charge in [-0.05, 0) is 45.7 Å². The van der Waals surface area contributed by atoms with Crippen molar-refractivity contribution in [1.82, 2.24) is 14.9 Å². The Morgan fingerprint density at radius 1 is 1.11 bits per heavy atom. The van der Waals surface area contributed by atoms with Crippen molar-refractivity contribution in [3.63, 3.8) is 0 Å². The summed E-state index contributed by atoms with van der Waals surface area (Å²) in [5, 5.41) is 3.47. The van der Waals surface area contributed by atoms with Crippen LogP contribution in [0.5, 0.6) is 0 Å². The Balaban J connectivity index is 1.95. The fourth-order valence-electron chi connectivity index (χ4n) is 3.78. The van der Waals surface area contributed by atoms with Gasteiger partial charge in [-0.15, -0.1) is 0 Å². The maximum atomic E-state index is 4.47. The Morgan fingerprint density at radius 2 is 1.78 bits per heavy atom. The molecule has 2 fully saturated rings. The lowest BCUT2D eigenvalue weighted by molar-refractivity contribution is 0.264. The molecule has 3 heteroatoms. The second kappa shape index (κ2) is 4.37. The lowest BCUT2D eigenvalue weighted by atomic mass is 9.77. The summed E-state index contributed by atoms with van der Waals surface area (Å²) in [5.41, 5.74) is 2.10. The van der Waals surface area contributed by atoms with Crippen LogP contribution in [0, 0.1) is 0 Å². The predicted octanol–water partition coefficient (Wildman–Crippen LogP) is 2.81. The minimum Gasteiger partial charge on any atom is -0.328 e. The van der Waals surface area contributed by atoms with E-state index >= 15 is 0 Å². The van der Waals surface area contributed by atoms with Crippen LogP contribution in [-0.2, 0) is 11.0 Å². The lowest BCUT2D eigenvalue weighted by Gasteiger charge is -2.38. The molecule has 1 aromatic rings. The first-order valence-corrected chi connectivity index (χ1v) is 7.38. The van der Waals surface area contributed by atoms with Crippen LogP contribution in [0.1, 0.15) is 58.1 Å². The first-order chi connectivity index (χ1) is 8.64. The smallest absolute Gasteiger partial charge is 0.0953 e. The Bertz CT molecular complexity index is 409. The van der Waals surface area contributed by atoms with Gasteiger partial charge in [-0.1, -0.05) is 19.8 Å². The minimum absolute atomic E-state index is 0.313. The van der Waals surface area contributed by atoms with Crippen LogP contribution in [0.25, 0.3) is 0 Å². The summed E-state index contributed by atoms with van der Waals surface area (Å²) in [5.74, 6) is 0. The third-order valence-corrected chi connectivity index (χ3v) is 5.23. The molecule has 1 aliphatic carbocycles. The van der Waals surface area contributed by atoms with Crippen LogP contribution in [-0.4, -0.2) is 22.6 Å². The summed E-state index contributed by atoms with van der Waals surface area (Å²) < 4.78 is 2.51. The molecular weight excluding hydrogens is 222 g/mol. The van der Waals surface area contributed by atoms with Crippen LogP contribution in [0.3, 0.4) is 0 Å². The number of imidazole rings is 1. The molecule has 100 valence electrons. The van der Waals surface area contributed by atoms with E-state index in [0.29, 0.717) is 11.0 Å². The van der Waals surface area contributed by atoms with Gasteiger partial charge in [-0.3, -0.25) is 0 Å². The largest absolute Gasteiger partial charge is 0.328 e. The van der Waals surface area contributed by atoms with E-state index in [1.165, 1.54) is 44.2 Å². The molecule has 1 saturated heterocycles. The van der Waals surface area contributed by atoms with Gasteiger partial charge in [-0.2, -0.15) is 0 Å². The molecule has 1 aliphatic heterocycles. The monoisotopic (exact) mass is 247 g/mol. The van der Waals surface area contributed by atoms with E-state index in [4.69, 9.17) is 0 Å². The third kappa shape index (κ3) is 1.89. The van der Waals surface area contributed by atoms with Crippen LogP contribution in [0.2, 0.25) is 0 Å². The van der Waals surface area contributed by atoms with Gasteiger partial charge in [0.2, 0.25) is 0 Å². The molecule has 0 amide bonds. The molecule has 2 heterocycles. The normalized spacial score (nSPS) is 26.3. The van der Waals surface area contributed by atoms with E-state index < -0.39 is 0 Å². The number of hydrogen-bond donors (Lipinski definition) is 1. The van der Waals surface area contributed by atoms with Gasteiger partial charge in [-0.25, -0.2) is 4.98 Å². The molecule has 2 aliphatic rings. The topological polar surface area (TPSA) is 29.9 Å². The molecule has 0 spiro atoms. The Labute approximate surface area is 110 Å². The molecule has 0 unspecified atom stereocenters. The quantitative estimate of drug-likeness (QED) is 0.871. The molecule has 18 heavy (non-hydrogen) atoms. The zero-order valence-electron chi connectivity index (χ0n) is 11.7. The van der Waals surface area contributed by atoms with E-state index in [-0.39, 0.29) is 0 Å². The molecule has 0 aromatic carbocycles. The van der Waals surface area contributed by atoms with Crippen molar-refractivity contribution in [3.8, 4) is 0 Å². The third-order valence-electron chi connectivity index (χ3n) is 5.23. The molecule has 1 aromatic heterocycles. The first-order valence-electron chi connectivity index (χ1n) is 7.38. The standard InChI is InChI=1S/C15H25N3/c1-14(7-9-16-10-8-14)13-11-17-12-18(13)15(2)5-3-4-6-15/h11-12,16H,3-10H2,1-2H3. The van der Waals surface area contributed by atoms with Crippen LogP contribution in [0.15, 0.2) is 12.5 Å². The van der Waals surface area contributed by atoms with Gasteiger partial charge in [0.05, 0.1) is 6.33 Å². The van der Waals surface area contributed by atoms with Crippen LogP contribution < -0.4 is 5.32 Å². The van der Waals surface area contributed by atoms with Crippen molar-refractivity contribution in [2.24, 2.45) is 0 Å². The Kier molecular flexibility index (Phi) is 2.97. The molecule has 1 saturated carbocycles. The summed E-state index contributed by atoms with van der Waals surface area (Å²) in [6.07, 6.45) is 12.0. The van der Waals surface area contributed by atoms with Gasteiger partial charge in [0.25, 0.3) is 0 Å². The summed E-state index contributed by atoms with van der Waals surface area (Å²) in [6, 6.07) is 0. The van der Waals surface area contributed by atoms with Crippen molar-refractivity contribution in [1.29, 1.82) is 0 Å². The molecule has 3 nitrogen and oxygen atoms in total. The van der Waals surface area contributed by atoms with Crippen molar-refractivity contribution >= 4 is 0 Å². The van der Waals surface area contributed by atoms with E-state index in [9.17, 15) is 0 Å². The maximum Gasteiger partial charge on any atom is 0.0953 e. The second-order valence-electron chi connectivity index (χ2n) is 6.66. The van der Waals surface area contributed by atoms with Crippen molar-refractivity contribution in [2.75, 3.05) is 13.1 Å². The summed E-state index contributed by atoms with van der Waals surface area (Å²) in [6.45, 7) is 7.10. The average molecular weight is 247 g/mol. The molecule has 0 atom stereocenters. The molecule has 0 radical (unpaired) electrons. The average Bonchev–Trinajstić information content (AvgIpc) is 2.99. The van der Waals surface area contributed by atoms with Gasteiger partial charge in [0.1, 0.15) is 0 Å². The fourth-order valence-corrected chi connectivity index (χ4v) is 3.78. The highest BCUT2D eigenvalue weighted by atomic mass is 15.1. The summed E-state index contributed by atoms with van der Waals surface area (Å²) in [7, 11) is 0. The van der Waals surface area contributed by atoms with E-state index in [2.05, 4.69) is 41.2 Å². The lowest BCUT2D eigenvalue weighted by Crippen LogP contribution is -2.41. The van der Waals surface area contributed by atoms with Gasteiger partial charge in [0.15, 0.2) is 0 Å². The van der Waals surface area contributed by atoms with Gasteiger partial charge in [0, 0.05) is 22.8 Å². The molecule has 1 N–H and O–H groups in total. The highest BCUT2D eigenvalue weighted by Gasteiger charge is 2.38. The minimum atomic E-state index is 0.313. The molecular formula is C15H25N3. The summed E-state index contributed by atoms with van der Waals surface area (Å²) in [4.78, 5) is 4.47. The summed E-state index contributed by atoms with van der Waals surface area (Å²) >= 11 is 0. The number of nitrogens with one attached hydrogen (secondary N) is 1. The highest BCUT2D eigenvalue weighted by molar-refractivity contribution is 5.18. The Morgan fingerprint density at radius 3 is 2.44 bits per heavy atom. The highest BCUT2D eigenvalue weighted by Crippen LogP contribution is 2.41. The van der Waals surface area contributed by atoms with E-state index in [1.807, 2.05) is 0 Å². The van der Waals surface area contributed by atoms with Crippen molar-refractivity contribution in [2.45, 2.75) is 63.3 Å². The van der Waals surface area contributed by atoms with E-state index in [1.54, 1.807) is 0 Å². The number of hydrogen-bond acceptors (Lipinski definition) is 2. The number of nitrogens with zero attached hydrogens (tertiary/aromatic N) is 2. The zero-order chi connectivity index (χ0) is 12.6. The van der Waals surface area contributed by atoms with E-state index in [0.717, 1.165) is 13.1 Å². The van der Waals surface area contributed by atoms with Crippen molar-refractivity contribution < 1.29 is 0 Å². The first kappa shape index (κ1) is 12.2. The van der Waals surface area contributed by atoms with Gasteiger partial charge < -0.3 is 9.88 Å². The molecule has 3 rings (SSSR count). The van der Waals surface area contributed by atoms with Crippen LogP contribution >= 0.6 is 0 Å². The van der Waals surface area contributed by atoms with Crippen LogP contribution in [0.4, 0.5) is 0 Å². The SMILES string of the molecule is CC1(c2cncn2C2(C)CCCC2)CCNCC1. The van der Waals surface area contributed by atoms with Crippen molar-refractivity contribution in [3.05, 3.63) is 18.2 Å². The number of aromatic nitrogens is 2.